The van der Waals surface area contributed by atoms with E-state index in [1.54, 1.807) is 6.07 Å². The number of rotatable bonds is 3. The van der Waals surface area contributed by atoms with Crippen LogP contribution in [0.5, 0.6) is 0 Å². The Bertz CT molecular complexity index is 766. The van der Waals surface area contributed by atoms with Gasteiger partial charge in [0.2, 0.25) is 5.91 Å². The third kappa shape index (κ3) is 3.50. The molecule has 2 aromatic carbocycles. The Kier molecular flexibility index (Phi) is 4.42. The van der Waals surface area contributed by atoms with Gasteiger partial charge in [0, 0.05) is 6.08 Å². The Morgan fingerprint density at radius 3 is 2.42 bits per heavy atom. The Hall–Kier alpha value is -2.56. The van der Waals surface area contributed by atoms with Gasteiger partial charge in [0.25, 0.3) is 0 Å². The van der Waals surface area contributed by atoms with Gasteiger partial charge in [-0.15, -0.1) is 0 Å². The molecule has 1 aliphatic rings. The van der Waals surface area contributed by atoms with Crippen LogP contribution < -0.4 is 5.32 Å². The van der Waals surface area contributed by atoms with Crippen molar-refractivity contribution in [3.8, 4) is 0 Å². The van der Waals surface area contributed by atoms with Crippen LogP contribution in [-0.2, 0) is 11.2 Å². The number of fused-ring (bicyclic) bond motifs is 1. The number of carbonyl (C=O) groups is 1. The number of nitrogens with one attached hydrogen (secondary N) is 1. The zero-order chi connectivity index (χ0) is 17.2. The van der Waals surface area contributed by atoms with Crippen molar-refractivity contribution < 1.29 is 18.0 Å². The van der Waals surface area contributed by atoms with Gasteiger partial charge in [0.15, 0.2) is 0 Å². The zero-order valence-electron chi connectivity index (χ0n) is 12.8. The van der Waals surface area contributed by atoms with Crippen molar-refractivity contribution in [2.45, 2.75) is 25.1 Å². The van der Waals surface area contributed by atoms with Gasteiger partial charge in [0.1, 0.15) is 0 Å². The third-order valence-corrected chi connectivity index (χ3v) is 4.11. The number of benzene rings is 2. The number of allylic oxidation sites excluding steroid dienone is 1. The van der Waals surface area contributed by atoms with Crippen LogP contribution in [0.4, 0.5) is 13.2 Å². The summed E-state index contributed by atoms with van der Waals surface area (Å²) in [4.78, 5) is 12.2. The molecule has 2 aromatic rings. The first-order valence-corrected chi connectivity index (χ1v) is 7.68. The molecule has 5 heteroatoms. The van der Waals surface area contributed by atoms with Crippen molar-refractivity contribution in [1.29, 1.82) is 0 Å². The van der Waals surface area contributed by atoms with Crippen LogP contribution in [0.25, 0.3) is 5.57 Å². The summed E-state index contributed by atoms with van der Waals surface area (Å²) in [5.74, 6) is -0.729. The molecule has 1 amide bonds. The van der Waals surface area contributed by atoms with Gasteiger partial charge in [-0.25, -0.2) is 0 Å². The standard InChI is InChI=1S/C19H16F3NO/c20-19(21,22)16(14-7-2-1-3-8-14)12-18(24)23-17-11-10-13-6-4-5-9-15(13)17/h1-9,12,17H,10-11H2,(H,23,24)/b16-12-. The van der Waals surface area contributed by atoms with Gasteiger partial charge in [0.05, 0.1) is 11.6 Å². The molecule has 1 aliphatic carbocycles. The number of carbonyl (C=O) groups excluding carboxylic acids is 1. The third-order valence-electron chi connectivity index (χ3n) is 4.11. The Balaban J connectivity index is 1.82. The second-order valence-corrected chi connectivity index (χ2v) is 5.72. The minimum atomic E-state index is -4.59. The lowest BCUT2D eigenvalue weighted by Gasteiger charge is -2.15. The van der Waals surface area contributed by atoms with E-state index in [2.05, 4.69) is 5.32 Å². The topological polar surface area (TPSA) is 29.1 Å². The van der Waals surface area contributed by atoms with E-state index in [-0.39, 0.29) is 11.6 Å². The summed E-state index contributed by atoms with van der Waals surface area (Å²) >= 11 is 0. The van der Waals surface area contributed by atoms with Crippen molar-refractivity contribution in [2.24, 2.45) is 0 Å². The summed E-state index contributed by atoms with van der Waals surface area (Å²) in [7, 11) is 0. The molecule has 0 spiro atoms. The predicted molar refractivity (Wildman–Crippen MR) is 86.1 cm³/mol. The maximum absolute atomic E-state index is 13.3. The highest BCUT2D eigenvalue weighted by Crippen LogP contribution is 2.34. The van der Waals surface area contributed by atoms with E-state index in [0.29, 0.717) is 12.5 Å². The Labute approximate surface area is 138 Å². The van der Waals surface area contributed by atoms with Crippen LogP contribution in [0.3, 0.4) is 0 Å². The molecular formula is C19H16F3NO. The van der Waals surface area contributed by atoms with E-state index in [0.717, 1.165) is 17.5 Å². The molecule has 0 aliphatic heterocycles. The SMILES string of the molecule is O=C(/C=C(/c1ccccc1)C(F)(F)F)NC1CCc2ccccc21. The minimum absolute atomic E-state index is 0.0213. The normalized spacial score (nSPS) is 17.5. The molecule has 0 aromatic heterocycles. The first-order chi connectivity index (χ1) is 11.4. The summed E-state index contributed by atoms with van der Waals surface area (Å²) < 4.78 is 39.8. The molecule has 3 rings (SSSR count). The fourth-order valence-corrected chi connectivity index (χ4v) is 3.00. The van der Waals surface area contributed by atoms with Gasteiger partial charge in [-0.1, -0.05) is 54.6 Å². The highest BCUT2D eigenvalue weighted by Gasteiger charge is 2.35. The average Bonchev–Trinajstić information content (AvgIpc) is 2.96. The molecule has 1 atom stereocenters. The summed E-state index contributed by atoms with van der Waals surface area (Å²) in [5, 5.41) is 2.69. The van der Waals surface area contributed by atoms with Gasteiger partial charge in [-0.3, -0.25) is 4.79 Å². The predicted octanol–water partition coefficient (Wildman–Crippen LogP) is 4.44. The zero-order valence-corrected chi connectivity index (χ0v) is 12.8. The fraction of sp³-hybridized carbons (Fsp3) is 0.211. The molecule has 0 fully saturated rings. The molecule has 124 valence electrons. The summed E-state index contributed by atoms with van der Waals surface area (Å²) in [6.07, 6.45) is -2.43. The van der Waals surface area contributed by atoms with E-state index in [4.69, 9.17) is 0 Å². The van der Waals surface area contributed by atoms with Crippen molar-refractivity contribution in [3.63, 3.8) is 0 Å². The number of aryl methyl sites for hydroxylation is 1. The molecule has 24 heavy (non-hydrogen) atoms. The largest absolute Gasteiger partial charge is 0.417 e. The van der Waals surface area contributed by atoms with Gasteiger partial charge in [-0.05, 0) is 29.5 Å². The number of hydrogen-bond acceptors (Lipinski definition) is 1. The molecule has 0 heterocycles. The van der Waals surface area contributed by atoms with Crippen molar-refractivity contribution in [3.05, 3.63) is 77.4 Å². The first kappa shape index (κ1) is 16.3. The molecule has 1 N–H and O–H groups in total. The van der Waals surface area contributed by atoms with Crippen LogP contribution in [0.15, 0.2) is 60.7 Å². The molecule has 0 radical (unpaired) electrons. The van der Waals surface area contributed by atoms with Crippen LogP contribution >= 0.6 is 0 Å². The lowest BCUT2D eigenvalue weighted by Crippen LogP contribution is -2.26. The minimum Gasteiger partial charge on any atom is -0.346 e. The number of hydrogen-bond donors (Lipinski definition) is 1. The smallest absolute Gasteiger partial charge is 0.346 e. The van der Waals surface area contributed by atoms with E-state index in [9.17, 15) is 18.0 Å². The van der Waals surface area contributed by atoms with Crippen LogP contribution in [0.2, 0.25) is 0 Å². The number of halogens is 3. The van der Waals surface area contributed by atoms with E-state index >= 15 is 0 Å². The molecule has 0 saturated carbocycles. The highest BCUT2D eigenvalue weighted by atomic mass is 19.4. The lowest BCUT2D eigenvalue weighted by molar-refractivity contribution is -0.117. The lowest BCUT2D eigenvalue weighted by atomic mass is 10.0. The molecule has 2 nitrogen and oxygen atoms in total. The monoisotopic (exact) mass is 331 g/mol. The number of alkyl halides is 3. The van der Waals surface area contributed by atoms with E-state index < -0.39 is 17.7 Å². The quantitative estimate of drug-likeness (QED) is 0.828. The number of amides is 1. The van der Waals surface area contributed by atoms with Crippen LogP contribution in [0.1, 0.15) is 29.2 Å². The van der Waals surface area contributed by atoms with Gasteiger partial charge < -0.3 is 5.32 Å². The second kappa shape index (κ2) is 6.51. The van der Waals surface area contributed by atoms with Crippen molar-refractivity contribution >= 4 is 11.5 Å². The molecule has 1 unspecified atom stereocenters. The van der Waals surface area contributed by atoms with E-state index in [1.165, 1.54) is 24.3 Å². The Morgan fingerprint density at radius 2 is 1.71 bits per heavy atom. The highest BCUT2D eigenvalue weighted by molar-refractivity contribution is 5.96. The summed E-state index contributed by atoms with van der Waals surface area (Å²) in [6, 6.07) is 14.8. The maximum atomic E-state index is 13.3. The fourth-order valence-electron chi connectivity index (χ4n) is 3.00. The second-order valence-electron chi connectivity index (χ2n) is 5.72. The van der Waals surface area contributed by atoms with Crippen molar-refractivity contribution in [1.82, 2.24) is 5.32 Å². The summed E-state index contributed by atoms with van der Waals surface area (Å²) in [5.41, 5.74) is 1.15. The average molecular weight is 331 g/mol. The molecular weight excluding hydrogens is 315 g/mol. The molecule has 0 saturated heterocycles. The van der Waals surface area contributed by atoms with Crippen molar-refractivity contribution in [2.75, 3.05) is 0 Å². The maximum Gasteiger partial charge on any atom is 0.417 e. The van der Waals surface area contributed by atoms with Gasteiger partial charge >= 0.3 is 6.18 Å². The van der Waals surface area contributed by atoms with E-state index in [1.807, 2.05) is 24.3 Å². The first-order valence-electron chi connectivity index (χ1n) is 7.68. The Morgan fingerprint density at radius 1 is 1.04 bits per heavy atom. The van der Waals surface area contributed by atoms with Gasteiger partial charge in [-0.2, -0.15) is 13.2 Å². The molecule has 0 bridgehead atoms. The van der Waals surface area contributed by atoms with Crippen LogP contribution in [-0.4, -0.2) is 12.1 Å². The summed E-state index contributed by atoms with van der Waals surface area (Å²) in [6.45, 7) is 0. The van der Waals surface area contributed by atoms with Crippen LogP contribution in [0, 0.1) is 0 Å².